The second-order valence-corrected chi connectivity index (χ2v) is 7.34. The molecule has 0 bridgehead atoms. The van der Waals surface area contributed by atoms with Crippen LogP contribution in [0.4, 0.5) is 4.39 Å². The summed E-state index contributed by atoms with van der Waals surface area (Å²) in [4.78, 5) is 22.7. The molecule has 1 amide bonds. The number of carbonyl (C=O) groups excluding carboxylic acids is 1. The number of para-hydroxylation sites is 2. The number of carbonyl (C=O) groups is 1. The highest BCUT2D eigenvalue weighted by atomic mass is 19.1. The molecule has 0 aliphatic carbocycles. The average Bonchev–Trinajstić information content (AvgIpc) is 3.15. The number of piperidine rings is 1. The Labute approximate surface area is 169 Å². The quantitative estimate of drug-likeness (QED) is 0.602. The van der Waals surface area contributed by atoms with Gasteiger partial charge in [0.1, 0.15) is 24.0 Å². The number of nitrogens with one attached hydrogen (secondary N) is 2. The number of benzene rings is 2. The van der Waals surface area contributed by atoms with E-state index in [0.717, 1.165) is 49.3 Å². The van der Waals surface area contributed by atoms with Crippen LogP contribution in [0.3, 0.4) is 0 Å². The number of halogens is 1. The van der Waals surface area contributed by atoms with Crippen LogP contribution in [0.5, 0.6) is 5.75 Å². The van der Waals surface area contributed by atoms with Gasteiger partial charge in [0.25, 0.3) is 0 Å². The molecule has 1 fully saturated rings. The summed E-state index contributed by atoms with van der Waals surface area (Å²) < 4.78 is 18.4. The van der Waals surface area contributed by atoms with Crippen LogP contribution in [0.1, 0.15) is 18.7 Å². The number of fused-ring (bicyclic) bond motifs is 1. The standard InChI is InChI=1S/C22H25FN4O2/c23-17-5-7-18(8-6-17)29-14-11-24-22(28)16-9-12-27(13-10-16)15-21-25-19-3-1-2-4-20(19)26-21/h1-8,16H,9-15H2,(H,24,28)(H,25,26). The topological polar surface area (TPSA) is 70.2 Å². The highest BCUT2D eigenvalue weighted by molar-refractivity contribution is 5.78. The lowest BCUT2D eigenvalue weighted by Gasteiger charge is -2.30. The zero-order valence-corrected chi connectivity index (χ0v) is 16.2. The first-order chi connectivity index (χ1) is 14.2. The van der Waals surface area contributed by atoms with Crippen molar-refractivity contribution < 1.29 is 13.9 Å². The lowest BCUT2D eigenvalue weighted by Crippen LogP contribution is -2.41. The maximum absolute atomic E-state index is 12.9. The Morgan fingerprint density at radius 1 is 1.17 bits per heavy atom. The van der Waals surface area contributed by atoms with Crippen molar-refractivity contribution in [2.75, 3.05) is 26.2 Å². The monoisotopic (exact) mass is 396 g/mol. The van der Waals surface area contributed by atoms with Crippen molar-refractivity contribution >= 4 is 16.9 Å². The molecule has 152 valence electrons. The summed E-state index contributed by atoms with van der Waals surface area (Å²) in [6, 6.07) is 13.9. The molecule has 1 aliphatic rings. The van der Waals surface area contributed by atoms with Crippen LogP contribution in [-0.2, 0) is 11.3 Å². The minimum absolute atomic E-state index is 0.0349. The van der Waals surface area contributed by atoms with Crippen LogP contribution in [0.25, 0.3) is 11.0 Å². The number of rotatable bonds is 7. The lowest BCUT2D eigenvalue weighted by atomic mass is 9.96. The van der Waals surface area contributed by atoms with Crippen molar-refractivity contribution in [1.82, 2.24) is 20.2 Å². The van der Waals surface area contributed by atoms with Crippen molar-refractivity contribution in [2.45, 2.75) is 19.4 Å². The molecule has 0 saturated carbocycles. The number of aromatic amines is 1. The van der Waals surface area contributed by atoms with E-state index in [1.165, 1.54) is 12.1 Å². The van der Waals surface area contributed by atoms with Crippen LogP contribution in [0.2, 0.25) is 0 Å². The average molecular weight is 396 g/mol. The van der Waals surface area contributed by atoms with Gasteiger partial charge < -0.3 is 15.0 Å². The lowest BCUT2D eigenvalue weighted by molar-refractivity contribution is -0.126. The summed E-state index contributed by atoms with van der Waals surface area (Å²) in [5, 5.41) is 2.94. The molecule has 2 heterocycles. The molecule has 1 saturated heterocycles. The highest BCUT2D eigenvalue weighted by Crippen LogP contribution is 2.20. The summed E-state index contributed by atoms with van der Waals surface area (Å²) >= 11 is 0. The SMILES string of the molecule is O=C(NCCOc1ccc(F)cc1)C1CCN(Cc2nc3ccccc3[nH]2)CC1. The van der Waals surface area contributed by atoms with Crippen LogP contribution in [0, 0.1) is 11.7 Å². The Bertz CT molecular complexity index is 916. The van der Waals surface area contributed by atoms with E-state index < -0.39 is 0 Å². The van der Waals surface area contributed by atoms with E-state index in [2.05, 4.69) is 20.2 Å². The molecular weight excluding hydrogens is 371 g/mol. The van der Waals surface area contributed by atoms with Gasteiger partial charge in [0.2, 0.25) is 5.91 Å². The first-order valence-corrected chi connectivity index (χ1v) is 9.99. The van der Waals surface area contributed by atoms with Gasteiger partial charge >= 0.3 is 0 Å². The number of ether oxygens (including phenoxy) is 1. The molecule has 0 spiro atoms. The molecule has 0 atom stereocenters. The summed E-state index contributed by atoms with van der Waals surface area (Å²) in [5.41, 5.74) is 2.04. The summed E-state index contributed by atoms with van der Waals surface area (Å²) in [6.07, 6.45) is 1.68. The second kappa shape index (κ2) is 9.05. The van der Waals surface area contributed by atoms with Gasteiger partial charge in [-0.25, -0.2) is 9.37 Å². The number of imidazole rings is 1. The van der Waals surface area contributed by atoms with E-state index in [0.29, 0.717) is 18.9 Å². The molecule has 6 nitrogen and oxygen atoms in total. The second-order valence-electron chi connectivity index (χ2n) is 7.34. The molecule has 3 aromatic rings. The number of hydrogen-bond acceptors (Lipinski definition) is 4. The molecule has 2 N–H and O–H groups in total. The Balaban J connectivity index is 1.17. The Morgan fingerprint density at radius 3 is 2.69 bits per heavy atom. The Hall–Kier alpha value is -2.93. The minimum atomic E-state index is -0.294. The molecule has 29 heavy (non-hydrogen) atoms. The first-order valence-electron chi connectivity index (χ1n) is 9.99. The fraction of sp³-hybridized carbons (Fsp3) is 0.364. The molecule has 0 unspecified atom stereocenters. The predicted molar refractivity (Wildman–Crippen MR) is 109 cm³/mol. The zero-order chi connectivity index (χ0) is 20.1. The smallest absolute Gasteiger partial charge is 0.223 e. The first kappa shape index (κ1) is 19.4. The fourth-order valence-electron chi connectivity index (χ4n) is 3.66. The van der Waals surface area contributed by atoms with E-state index in [4.69, 9.17) is 4.74 Å². The molecule has 7 heteroatoms. The molecule has 1 aliphatic heterocycles. The number of H-pyrrole nitrogens is 1. The number of aromatic nitrogens is 2. The Kier molecular flexibility index (Phi) is 6.05. The van der Waals surface area contributed by atoms with Gasteiger partial charge in [-0.1, -0.05) is 12.1 Å². The maximum atomic E-state index is 12.9. The van der Waals surface area contributed by atoms with E-state index in [9.17, 15) is 9.18 Å². The van der Waals surface area contributed by atoms with Crippen molar-refractivity contribution in [1.29, 1.82) is 0 Å². The Morgan fingerprint density at radius 2 is 1.93 bits per heavy atom. The predicted octanol–water partition coefficient (Wildman–Crippen LogP) is 3.11. The normalized spacial score (nSPS) is 15.5. The van der Waals surface area contributed by atoms with Gasteiger partial charge in [-0.05, 0) is 62.3 Å². The van der Waals surface area contributed by atoms with Crippen molar-refractivity contribution in [3.63, 3.8) is 0 Å². The van der Waals surface area contributed by atoms with Gasteiger partial charge in [-0.15, -0.1) is 0 Å². The van der Waals surface area contributed by atoms with Crippen LogP contribution >= 0.6 is 0 Å². The van der Waals surface area contributed by atoms with Gasteiger partial charge in [0.15, 0.2) is 0 Å². The summed E-state index contributed by atoms with van der Waals surface area (Å²) in [5.74, 6) is 1.38. The number of likely N-dealkylation sites (tertiary alicyclic amines) is 1. The molecule has 2 aromatic carbocycles. The van der Waals surface area contributed by atoms with Crippen LogP contribution < -0.4 is 10.1 Å². The third kappa shape index (κ3) is 5.12. The minimum Gasteiger partial charge on any atom is -0.492 e. The van der Waals surface area contributed by atoms with E-state index in [-0.39, 0.29) is 17.6 Å². The van der Waals surface area contributed by atoms with Gasteiger partial charge in [0, 0.05) is 5.92 Å². The summed E-state index contributed by atoms with van der Waals surface area (Å²) in [6.45, 7) is 3.33. The van der Waals surface area contributed by atoms with Crippen LogP contribution in [-0.4, -0.2) is 47.0 Å². The maximum Gasteiger partial charge on any atom is 0.223 e. The third-order valence-corrected chi connectivity index (χ3v) is 5.25. The highest BCUT2D eigenvalue weighted by Gasteiger charge is 2.25. The van der Waals surface area contributed by atoms with Gasteiger partial charge in [-0.3, -0.25) is 9.69 Å². The number of hydrogen-bond donors (Lipinski definition) is 2. The van der Waals surface area contributed by atoms with E-state index in [1.807, 2.05) is 24.3 Å². The van der Waals surface area contributed by atoms with Crippen LogP contribution in [0.15, 0.2) is 48.5 Å². The molecule has 0 radical (unpaired) electrons. The largest absolute Gasteiger partial charge is 0.492 e. The number of amides is 1. The van der Waals surface area contributed by atoms with Crippen molar-refractivity contribution in [2.24, 2.45) is 5.92 Å². The van der Waals surface area contributed by atoms with Crippen molar-refractivity contribution in [3.05, 3.63) is 60.2 Å². The van der Waals surface area contributed by atoms with Crippen molar-refractivity contribution in [3.8, 4) is 5.75 Å². The molecule has 1 aromatic heterocycles. The third-order valence-electron chi connectivity index (χ3n) is 5.25. The van der Waals surface area contributed by atoms with Gasteiger partial charge in [-0.2, -0.15) is 0 Å². The fourth-order valence-corrected chi connectivity index (χ4v) is 3.66. The van der Waals surface area contributed by atoms with E-state index in [1.54, 1.807) is 12.1 Å². The summed E-state index contributed by atoms with van der Waals surface area (Å²) in [7, 11) is 0. The molecule has 4 rings (SSSR count). The van der Waals surface area contributed by atoms with E-state index >= 15 is 0 Å². The zero-order valence-electron chi connectivity index (χ0n) is 16.2. The number of nitrogens with zero attached hydrogens (tertiary/aromatic N) is 2. The molecular formula is C22H25FN4O2. The van der Waals surface area contributed by atoms with Gasteiger partial charge in [0.05, 0.1) is 24.1 Å².